The zero-order valence-corrected chi connectivity index (χ0v) is 16.6. The molecular weight excluding hydrogens is 407 g/mol. The minimum Gasteiger partial charge on any atom is -0.370 e. The van der Waals surface area contributed by atoms with Gasteiger partial charge in [0.1, 0.15) is 0 Å². The van der Waals surface area contributed by atoms with E-state index in [1.165, 1.54) is 16.0 Å². The second-order valence-electron chi connectivity index (χ2n) is 5.18. The summed E-state index contributed by atoms with van der Waals surface area (Å²) >= 11 is 1.73. The van der Waals surface area contributed by atoms with Crippen LogP contribution in [0.2, 0.25) is 0 Å². The molecule has 1 aromatic carbocycles. The van der Waals surface area contributed by atoms with Crippen LogP contribution in [0.4, 0.5) is 5.69 Å². The van der Waals surface area contributed by atoms with E-state index < -0.39 is 0 Å². The van der Waals surface area contributed by atoms with Crippen molar-refractivity contribution in [2.24, 2.45) is 10.7 Å². The molecule has 0 bridgehead atoms. The number of guanidine groups is 1. The van der Waals surface area contributed by atoms with Crippen LogP contribution in [0.3, 0.4) is 0 Å². The number of hydrogen-bond acceptors (Lipinski definition) is 3. The fourth-order valence-electron chi connectivity index (χ4n) is 2.09. The fraction of sp³-hybridized carbons (Fsp3) is 0.375. The maximum Gasteiger partial charge on any atom is 0.193 e. The fourth-order valence-corrected chi connectivity index (χ4v) is 3.02. The first-order valence-electron chi connectivity index (χ1n) is 7.03. The van der Waals surface area contributed by atoms with E-state index in [4.69, 9.17) is 5.73 Å². The lowest BCUT2D eigenvalue weighted by Gasteiger charge is -2.08. The maximum atomic E-state index is 5.93. The normalized spacial score (nSPS) is 11.2. The van der Waals surface area contributed by atoms with E-state index in [1.807, 2.05) is 19.9 Å². The molecule has 0 atom stereocenters. The van der Waals surface area contributed by atoms with Crippen LogP contribution < -0.4 is 11.1 Å². The number of thiazole rings is 1. The number of aryl methyl sites for hydroxylation is 4. The van der Waals surface area contributed by atoms with Gasteiger partial charge in [0, 0.05) is 23.5 Å². The van der Waals surface area contributed by atoms with E-state index >= 15 is 0 Å². The summed E-state index contributed by atoms with van der Waals surface area (Å²) < 4.78 is 0. The van der Waals surface area contributed by atoms with Gasteiger partial charge in [-0.15, -0.1) is 35.3 Å². The van der Waals surface area contributed by atoms with Crippen molar-refractivity contribution >= 4 is 47.0 Å². The largest absolute Gasteiger partial charge is 0.370 e. The Labute approximate surface area is 153 Å². The van der Waals surface area contributed by atoms with Gasteiger partial charge in [0.25, 0.3) is 0 Å². The second kappa shape index (κ2) is 8.47. The minimum absolute atomic E-state index is 0. The molecule has 6 heteroatoms. The maximum absolute atomic E-state index is 5.93. The molecule has 0 fully saturated rings. The number of anilines is 1. The standard InChI is InChI=1S/C16H22N4S.HI/c1-10-5-6-14(9-11(10)2)20-16(17)18-8-7-15-12(3)19-13(4)21-15;/h5-6,9H,7-8H2,1-4H3,(H3,17,18,20);1H. The molecular formula is C16H23IN4S. The van der Waals surface area contributed by atoms with Gasteiger partial charge in [-0.1, -0.05) is 6.07 Å². The topological polar surface area (TPSA) is 63.3 Å². The summed E-state index contributed by atoms with van der Waals surface area (Å²) in [7, 11) is 0. The lowest BCUT2D eigenvalue weighted by atomic mass is 10.1. The lowest BCUT2D eigenvalue weighted by Crippen LogP contribution is -2.23. The summed E-state index contributed by atoms with van der Waals surface area (Å²) in [6, 6.07) is 6.17. The van der Waals surface area contributed by atoms with Crippen molar-refractivity contribution in [3.8, 4) is 0 Å². The number of rotatable bonds is 4. The summed E-state index contributed by atoms with van der Waals surface area (Å²) in [5, 5.41) is 4.24. The van der Waals surface area contributed by atoms with E-state index in [1.54, 1.807) is 11.3 Å². The highest BCUT2D eigenvalue weighted by molar-refractivity contribution is 14.0. The SMILES string of the molecule is Cc1nc(C)c(CCN=C(N)Nc2ccc(C)c(C)c2)s1.I. The molecule has 3 N–H and O–H groups in total. The second-order valence-corrected chi connectivity index (χ2v) is 6.47. The van der Waals surface area contributed by atoms with Crippen LogP contribution in [0, 0.1) is 27.7 Å². The summed E-state index contributed by atoms with van der Waals surface area (Å²) in [5.41, 5.74) is 10.5. The van der Waals surface area contributed by atoms with Crippen LogP contribution in [-0.4, -0.2) is 17.5 Å². The number of halogens is 1. The highest BCUT2D eigenvalue weighted by Gasteiger charge is 2.04. The highest BCUT2D eigenvalue weighted by atomic mass is 127. The Morgan fingerprint density at radius 2 is 1.95 bits per heavy atom. The predicted molar refractivity (Wildman–Crippen MR) is 107 cm³/mol. The molecule has 0 saturated heterocycles. The average molecular weight is 430 g/mol. The van der Waals surface area contributed by atoms with Gasteiger partial charge in [-0.3, -0.25) is 4.99 Å². The number of hydrogen-bond donors (Lipinski definition) is 2. The average Bonchev–Trinajstić information content (AvgIpc) is 2.72. The summed E-state index contributed by atoms with van der Waals surface area (Å²) in [6.07, 6.45) is 0.882. The Kier molecular flexibility index (Phi) is 7.28. The van der Waals surface area contributed by atoms with Gasteiger partial charge >= 0.3 is 0 Å². The lowest BCUT2D eigenvalue weighted by molar-refractivity contribution is 0.965. The molecule has 0 saturated carbocycles. The zero-order valence-electron chi connectivity index (χ0n) is 13.4. The molecule has 0 aliphatic carbocycles. The smallest absolute Gasteiger partial charge is 0.193 e. The Hall–Kier alpha value is -1.15. The van der Waals surface area contributed by atoms with Gasteiger partial charge in [0.05, 0.1) is 10.7 Å². The number of nitrogens with one attached hydrogen (secondary N) is 1. The van der Waals surface area contributed by atoms with Crippen molar-refractivity contribution in [3.05, 3.63) is 44.9 Å². The third-order valence-electron chi connectivity index (χ3n) is 3.40. The Balaban J connectivity index is 0.00000242. The van der Waals surface area contributed by atoms with Gasteiger partial charge in [0.2, 0.25) is 0 Å². The zero-order chi connectivity index (χ0) is 15.4. The van der Waals surface area contributed by atoms with Crippen LogP contribution in [0.15, 0.2) is 23.2 Å². The molecule has 0 unspecified atom stereocenters. The van der Waals surface area contributed by atoms with Gasteiger partial charge in [0.15, 0.2) is 5.96 Å². The Bertz CT molecular complexity index is 664. The van der Waals surface area contributed by atoms with Crippen LogP contribution in [0.5, 0.6) is 0 Å². The first-order chi connectivity index (χ1) is 9.95. The molecule has 0 aliphatic heterocycles. The van der Waals surface area contributed by atoms with Crippen molar-refractivity contribution in [2.45, 2.75) is 34.1 Å². The third-order valence-corrected chi connectivity index (χ3v) is 4.53. The van der Waals surface area contributed by atoms with Crippen LogP contribution in [0.25, 0.3) is 0 Å². The summed E-state index contributed by atoms with van der Waals surface area (Å²) in [4.78, 5) is 10.1. The Morgan fingerprint density at radius 1 is 1.23 bits per heavy atom. The molecule has 2 rings (SSSR count). The quantitative estimate of drug-likeness (QED) is 0.439. The number of nitrogens with two attached hydrogens (primary N) is 1. The van der Waals surface area contributed by atoms with Crippen LogP contribution >= 0.6 is 35.3 Å². The first-order valence-corrected chi connectivity index (χ1v) is 7.84. The van der Waals surface area contributed by atoms with E-state index in [-0.39, 0.29) is 24.0 Å². The van der Waals surface area contributed by atoms with Gasteiger partial charge in [-0.05, 0) is 51.0 Å². The van der Waals surface area contributed by atoms with Gasteiger partial charge in [-0.25, -0.2) is 4.98 Å². The molecule has 22 heavy (non-hydrogen) atoms. The minimum atomic E-state index is 0. The predicted octanol–water partition coefficient (Wildman–Crippen LogP) is 3.96. The molecule has 0 aliphatic rings. The summed E-state index contributed by atoms with van der Waals surface area (Å²) in [5.74, 6) is 0.456. The van der Waals surface area contributed by atoms with E-state index in [2.05, 4.69) is 41.3 Å². The molecule has 2 aromatic rings. The monoisotopic (exact) mass is 430 g/mol. The van der Waals surface area contributed by atoms with Crippen molar-refractivity contribution in [1.82, 2.24) is 4.98 Å². The van der Waals surface area contributed by atoms with Crippen LogP contribution in [0.1, 0.15) is 26.7 Å². The number of nitrogens with zero attached hydrogens (tertiary/aromatic N) is 2. The van der Waals surface area contributed by atoms with Crippen molar-refractivity contribution in [3.63, 3.8) is 0 Å². The molecule has 1 heterocycles. The van der Waals surface area contributed by atoms with E-state index in [0.29, 0.717) is 12.5 Å². The van der Waals surface area contributed by atoms with Crippen molar-refractivity contribution in [2.75, 3.05) is 11.9 Å². The molecule has 0 spiro atoms. The highest BCUT2D eigenvalue weighted by Crippen LogP contribution is 2.17. The first kappa shape index (κ1) is 18.9. The number of benzene rings is 1. The van der Waals surface area contributed by atoms with Gasteiger partial charge in [-0.2, -0.15) is 0 Å². The summed E-state index contributed by atoms with van der Waals surface area (Å²) in [6.45, 7) is 8.92. The number of aromatic nitrogens is 1. The van der Waals surface area contributed by atoms with Crippen molar-refractivity contribution in [1.29, 1.82) is 0 Å². The van der Waals surface area contributed by atoms with E-state index in [9.17, 15) is 0 Å². The third kappa shape index (κ3) is 5.24. The number of aliphatic imine (C=N–C) groups is 1. The van der Waals surface area contributed by atoms with Crippen molar-refractivity contribution < 1.29 is 0 Å². The molecule has 4 nitrogen and oxygen atoms in total. The molecule has 0 radical (unpaired) electrons. The van der Waals surface area contributed by atoms with Crippen LogP contribution in [-0.2, 0) is 6.42 Å². The van der Waals surface area contributed by atoms with Gasteiger partial charge < -0.3 is 11.1 Å². The molecule has 1 aromatic heterocycles. The van der Waals surface area contributed by atoms with E-state index in [0.717, 1.165) is 22.8 Å². The molecule has 120 valence electrons. The molecule has 0 amide bonds. The Morgan fingerprint density at radius 3 is 2.55 bits per heavy atom.